The van der Waals surface area contributed by atoms with Crippen LogP contribution in [0.5, 0.6) is 0 Å². The lowest BCUT2D eigenvalue weighted by Crippen LogP contribution is -2.54. The Labute approximate surface area is 105 Å². The van der Waals surface area contributed by atoms with Crippen molar-refractivity contribution in [2.24, 2.45) is 23.5 Å². The van der Waals surface area contributed by atoms with E-state index in [1.165, 1.54) is 0 Å². The number of amides is 2. The Bertz CT molecular complexity index is 253. The lowest BCUT2D eigenvalue weighted by Gasteiger charge is -2.39. The summed E-state index contributed by atoms with van der Waals surface area (Å²) in [5.41, 5.74) is 5.41. The van der Waals surface area contributed by atoms with E-state index in [1.54, 1.807) is 4.90 Å². The number of carbonyl (C=O) groups is 1. The van der Waals surface area contributed by atoms with Crippen LogP contribution in [-0.4, -0.2) is 36.6 Å². The molecule has 0 radical (unpaired) electrons. The van der Waals surface area contributed by atoms with Crippen LogP contribution in [0.15, 0.2) is 0 Å². The van der Waals surface area contributed by atoms with Gasteiger partial charge in [-0.05, 0) is 30.7 Å². The zero-order valence-corrected chi connectivity index (χ0v) is 11.6. The molecule has 0 bridgehead atoms. The van der Waals surface area contributed by atoms with Crippen molar-refractivity contribution in [2.45, 2.75) is 40.2 Å². The summed E-state index contributed by atoms with van der Waals surface area (Å²) in [7, 11) is 0. The van der Waals surface area contributed by atoms with E-state index < -0.39 is 0 Å². The van der Waals surface area contributed by atoms with Gasteiger partial charge in [-0.2, -0.15) is 0 Å². The second kappa shape index (κ2) is 6.24. The molecule has 1 aliphatic heterocycles. The first kappa shape index (κ1) is 14.3. The van der Waals surface area contributed by atoms with Crippen molar-refractivity contribution >= 4 is 6.03 Å². The molecule has 4 heteroatoms. The topological polar surface area (TPSA) is 58.4 Å². The molecule has 0 aromatic carbocycles. The first-order valence-corrected chi connectivity index (χ1v) is 6.68. The molecule has 0 saturated carbocycles. The van der Waals surface area contributed by atoms with Crippen LogP contribution in [0.3, 0.4) is 0 Å². The van der Waals surface area contributed by atoms with E-state index in [0.717, 1.165) is 26.1 Å². The summed E-state index contributed by atoms with van der Waals surface area (Å²) in [5.74, 6) is 1.79. The number of carbonyl (C=O) groups excluding carboxylic acids is 1. The maximum atomic E-state index is 11.3. The number of rotatable bonds is 4. The summed E-state index contributed by atoms with van der Waals surface area (Å²) >= 11 is 0. The van der Waals surface area contributed by atoms with Gasteiger partial charge in [-0.25, -0.2) is 4.79 Å². The number of hydrogen-bond donors (Lipinski definition) is 2. The van der Waals surface area contributed by atoms with Gasteiger partial charge < -0.3 is 16.0 Å². The van der Waals surface area contributed by atoms with Gasteiger partial charge in [-0.15, -0.1) is 0 Å². The Morgan fingerprint density at radius 3 is 2.47 bits per heavy atom. The second-order valence-corrected chi connectivity index (χ2v) is 5.98. The van der Waals surface area contributed by atoms with Crippen LogP contribution in [-0.2, 0) is 0 Å². The maximum Gasteiger partial charge on any atom is 0.314 e. The molecule has 3 N–H and O–H groups in total. The molecule has 17 heavy (non-hydrogen) atoms. The largest absolute Gasteiger partial charge is 0.351 e. The Morgan fingerprint density at radius 1 is 1.35 bits per heavy atom. The van der Waals surface area contributed by atoms with Gasteiger partial charge in [0.1, 0.15) is 0 Å². The molecule has 4 nitrogen and oxygen atoms in total. The van der Waals surface area contributed by atoms with Gasteiger partial charge in [0.25, 0.3) is 0 Å². The van der Waals surface area contributed by atoms with Crippen LogP contribution in [0.25, 0.3) is 0 Å². The first-order chi connectivity index (χ1) is 7.90. The van der Waals surface area contributed by atoms with Gasteiger partial charge >= 0.3 is 6.03 Å². The fourth-order valence-corrected chi connectivity index (χ4v) is 2.35. The molecule has 2 amide bonds. The predicted molar refractivity (Wildman–Crippen MR) is 70.7 cm³/mol. The number of hydrogen-bond acceptors (Lipinski definition) is 2. The summed E-state index contributed by atoms with van der Waals surface area (Å²) in [4.78, 5) is 13.1. The van der Waals surface area contributed by atoms with Crippen molar-refractivity contribution in [1.82, 2.24) is 10.2 Å². The maximum absolute atomic E-state index is 11.3. The minimum absolute atomic E-state index is 0.285. The number of nitrogens with zero attached hydrogens (tertiary/aromatic N) is 1. The van der Waals surface area contributed by atoms with Crippen molar-refractivity contribution in [3.63, 3.8) is 0 Å². The van der Waals surface area contributed by atoms with Crippen LogP contribution in [0.2, 0.25) is 0 Å². The van der Waals surface area contributed by atoms with E-state index in [-0.39, 0.29) is 6.03 Å². The number of nitrogens with one attached hydrogen (secondary N) is 1. The molecule has 100 valence electrons. The van der Waals surface area contributed by atoms with Gasteiger partial charge in [-0.1, -0.05) is 27.7 Å². The summed E-state index contributed by atoms with van der Waals surface area (Å²) in [6.07, 6.45) is 1.15. The Hall–Kier alpha value is -0.770. The molecule has 1 saturated heterocycles. The minimum Gasteiger partial charge on any atom is -0.351 e. The van der Waals surface area contributed by atoms with Crippen molar-refractivity contribution in [3.8, 4) is 0 Å². The molecule has 1 rings (SSSR count). The number of nitrogens with two attached hydrogens (primary N) is 1. The van der Waals surface area contributed by atoms with Crippen LogP contribution in [0.1, 0.15) is 34.1 Å². The predicted octanol–water partition coefficient (Wildman–Crippen LogP) is 1.66. The van der Waals surface area contributed by atoms with Crippen molar-refractivity contribution in [1.29, 1.82) is 0 Å². The molecule has 0 aliphatic carbocycles. The fourth-order valence-electron chi connectivity index (χ4n) is 2.35. The number of likely N-dealkylation sites (tertiary alicyclic amines) is 1. The molecule has 1 fully saturated rings. The van der Waals surface area contributed by atoms with E-state index in [2.05, 4.69) is 33.0 Å². The van der Waals surface area contributed by atoms with Crippen LogP contribution < -0.4 is 11.1 Å². The van der Waals surface area contributed by atoms with E-state index in [0.29, 0.717) is 23.8 Å². The summed E-state index contributed by atoms with van der Waals surface area (Å²) in [6, 6.07) is 0.109. The van der Waals surface area contributed by atoms with Crippen molar-refractivity contribution in [3.05, 3.63) is 0 Å². The average Bonchev–Trinajstić information content (AvgIpc) is 2.25. The van der Waals surface area contributed by atoms with Gasteiger partial charge in [0.2, 0.25) is 0 Å². The highest BCUT2D eigenvalue weighted by atomic mass is 16.2. The molecule has 2 unspecified atom stereocenters. The van der Waals surface area contributed by atoms with Crippen molar-refractivity contribution in [2.75, 3.05) is 19.6 Å². The Balaban J connectivity index is 2.55. The molecule has 1 heterocycles. The monoisotopic (exact) mass is 241 g/mol. The lowest BCUT2D eigenvalue weighted by atomic mass is 9.85. The third kappa shape index (κ3) is 4.54. The summed E-state index contributed by atoms with van der Waals surface area (Å²) in [6.45, 7) is 11.4. The minimum atomic E-state index is -0.285. The zero-order valence-electron chi connectivity index (χ0n) is 11.6. The molecule has 2 atom stereocenters. The number of urea groups is 1. The summed E-state index contributed by atoms with van der Waals surface area (Å²) < 4.78 is 0. The van der Waals surface area contributed by atoms with Gasteiger partial charge in [0, 0.05) is 19.1 Å². The number of piperidine rings is 1. The summed E-state index contributed by atoms with van der Waals surface area (Å²) in [5, 5.41) is 3.54. The van der Waals surface area contributed by atoms with E-state index in [1.807, 2.05) is 0 Å². The highest BCUT2D eigenvalue weighted by Gasteiger charge is 2.30. The normalized spacial score (nSPS) is 25.6. The standard InChI is InChI=1S/C13H27N3O/c1-9(2)6-15-12-5-11(10(3)4)7-16(8-12)13(14)17/h9-12,15H,5-8H2,1-4H3,(H2,14,17). The quantitative estimate of drug-likeness (QED) is 0.786. The third-order valence-corrected chi connectivity index (χ3v) is 3.55. The highest BCUT2D eigenvalue weighted by Crippen LogP contribution is 2.23. The Kier molecular flexibility index (Phi) is 5.25. The number of primary amides is 1. The van der Waals surface area contributed by atoms with E-state index >= 15 is 0 Å². The SMILES string of the molecule is CC(C)CNC1CC(C(C)C)CN(C(N)=O)C1. The zero-order chi connectivity index (χ0) is 13.0. The molecular formula is C13H27N3O. The second-order valence-electron chi connectivity index (χ2n) is 5.98. The molecule has 1 aliphatic rings. The molecular weight excluding hydrogens is 214 g/mol. The fraction of sp³-hybridized carbons (Fsp3) is 0.923. The smallest absolute Gasteiger partial charge is 0.314 e. The molecule has 0 spiro atoms. The van der Waals surface area contributed by atoms with Gasteiger partial charge in [0.05, 0.1) is 0 Å². The van der Waals surface area contributed by atoms with Gasteiger partial charge in [-0.3, -0.25) is 0 Å². The molecule has 0 aromatic heterocycles. The first-order valence-electron chi connectivity index (χ1n) is 6.68. The highest BCUT2D eigenvalue weighted by molar-refractivity contribution is 5.72. The molecule has 0 aromatic rings. The lowest BCUT2D eigenvalue weighted by molar-refractivity contribution is 0.132. The van der Waals surface area contributed by atoms with E-state index in [9.17, 15) is 4.79 Å². The van der Waals surface area contributed by atoms with Crippen LogP contribution in [0, 0.1) is 17.8 Å². The van der Waals surface area contributed by atoms with Crippen LogP contribution >= 0.6 is 0 Å². The average molecular weight is 241 g/mol. The Morgan fingerprint density at radius 2 is 2.00 bits per heavy atom. The third-order valence-electron chi connectivity index (χ3n) is 3.55. The van der Waals surface area contributed by atoms with Crippen molar-refractivity contribution < 1.29 is 4.79 Å². The van der Waals surface area contributed by atoms with Crippen LogP contribution in [0.4, 0.5) is 4.79 Å². The van der Waals surface area contributed by atoms with E-state index in [4.69, 9.17) is 5.73 Å². The van der Waals surface area contributed by atoms with Gasteiger partial charge in [0.15, 0.2) is 0 Å².